The summed E-state index contributed by atoms with van der Waals surface area (Å²) in [6, 6.07) is 2.32. The van der Waals surface area contributed by atoms with E-state index in [2.05, 4.69) is 9.97 Å². The Morgan fingerprint density at radius 3 is 2.55 bits per heavy atom. The van der Waals surface area contributed by atoms with Crippen molar-refractivity contribution >= 4 is 6.09 Å². The molecule has 0 aliphatic carbocycles. The van der Waals surface area contributed by atoms with Gasteiger partial charge in [0, 0.05) is 30.4 Å². The van der Waals surface area contributed by atoms with Crippen molar-refractivity contribution in [3.8, 4) is 6.01 Å². The number of hydrogen-bond donors (Lipinski definition) is 0. The van der Waals surface area contributed by atoms with Crippen molar-refractivity contribution in [3.05, 3.63) is 17.5 Å². The zero-order valence-electron chi connectivity index (χ0n) is 14.0. The molecular weight excluding hydrogens is 282 g/mol. The summed E-state index contributed by atoms with van der Waals surface area (Å²) in [5.41, 5.74) is 1.33. The Kier molecular flexibility index (Phi) is 4.88. The molecule has 2 rings (SSSR count). The number of carbonyl (C=O) groups is 1. The van der Waals surface area contributed by atoms with Crippen molar-refractivity contribution in [2.24, 2.45) is 5.92 Å². The van der Waals surface area contributed by atoms with E-state index in [-0.39, 0.29) is 12.0 Å². The minimum atomic E-state index is -0.460. The smallest absolute Gasteiger partial charge is 0.410 e. The van der Waals surface area contributed by atoms with Gasteiger partial charge in [0.2, 0.25) is 0 Å². The van der Waals surface area contributed by atoms with Crippen molar-refractivity contribution in [1.82, 2.24) is 14.9 Å². The molecule has 6 heteroatoms. The molecule has 0 radical (unpaired) electrons. The molecule has 1 aromatic rings. The summed E-state index contributed by atoms with van der Waals surface area (Å²) in [7, 11) is 0. The summed E-state index contributed by atoms with van der Waals surface area (Å²) in [5, 5.41) is 0. The van der Waals surface area contributed by atoms with Crippen LogP contribution in [0.3, 0.4) is 0 Å². The van der Waals surface area contributed by atoms with Gasteiger partial charge < -0.3 is 14.4 Å². The van der Waals surface area contributed by atoms with E-state index in [4.69, 9.17) is 9.47 Å². The van der Waals surface area contributed by atoms with Crippen molar-refractivity contribution in [3.63, 3.8) is 0 Å². The van der Waals surface area contributed by atoms with Crippen LogP contribution in [0.4, 0.5) is 4.79 Å². The number of hydrogen-bond acceptors (Lipinski definition) is 5. The third kappa shape index (κ3) is 4.86. The third-order valence-electron chi connectivity index (χ3n) is 3.35. The average Bonchev–Trinajstić information content (AvgIpc) is 2.82. The first-order valence-electron chi connectivity index (χ1n) is 7.66. The Morgan fingerprint density at radius 2 is 1.95 bits per heavy atom. The molecule has 0 N–H and O–H groups in total. The van der Waals surface area contributed by atoms with Crippen molar-refractivity contribution < 1.29 is 14.3 Å². The van der Waals surface area contributed by atoms with Crippen LogP contribution in [-0.4, -0.2) is 46.3 Å². The van der Waals surface area contributed by atoms with Crippen molar-refractivity contribution in [1.29, 1.82) is 0 Å². The van der Waals surface area contributed by atoms with Gasteiger partial charge in [-0.2, -0.15) is 0 Å². The lowest BCUT2D eigenvalue weighted by Crippen LogP contribution is -2.35. The van der Waals surface area contributed by atoms with E-state index in [1.54, 1.807) is 4.90 Å². The Morgan fingerprint density at radius 1 is 1.32 bits per heavy atom. The lowest BCUT2D eigenvalue weighted by molar-refractivity contribution is 0.0284. The molecule has 122 valence electrons. The standard InChI is InChI=1S/C16H25N3O3/c1-11-8-12(2)18-14(17-11)21-10-13-6-7-19(9-13)15(20)22-16(3,4)5/h8,13H,6-7,9-10H2,1-5H3/t13-/m0/s1. The Bertz CT molecular complexity index is 520. The van der Waals surface area contributed by atoms with Gasteiger partial charge in [0.25, 0.3) is 0 Å². The summed E-state index contributed by atoms with van der Waals surface area (Å²) in [6.45, 7) is 11.3. The number of carbonyl (C=O) groups excluding carboxylic acids is 1. The lowest BCUT2D eigenvalue weighted by atomic mass is 10.1. The second-order valence-corrected chi connectivity index (χ2v) is 6.83. The molecule has 0 bridgehead atoms. The number of ether oxygens (including phenoxy) is 2. The topological polar surface area (TPSA) is 64.5 Å². The van der Waals surface area contributed by atoms with Crippen LogP contribution in [0.2, 0.25) is 0 Å². The fourth-order valence-corrected chi connectivity index (χ4v) is 2.41. The van der Waals surface area contributed by atoms with Gasteiger partial charge in [-0.05, 0) is 47.1 Å². The van der Waals surface area contributed by atoms with Crippen LogP contribution in [0.1, 0.15) is 38.6 Å². The first kappa shape index (κ1) is 16.5. The number of aromatic nitrogens is 2. The molecule has 1 amide bonds. The molecule has 1 aliphatic heterocycles. The highest BCUT2D eigenvalue weighted by Crippen LogP contribution is 2.20. The van der Waals surface area contributed by atoms with E-state index >= 15 is 0 Å². The van der Waals surface area contributed by atoms with E-state index in [0.717, 1.165) is 17.8 Å². The van der Waals surface area contributed by atoms with Crippen LogP contribution in [0.25, 0.3) is 0 Å². The molecule has 1 aromatic heterocycles. The van der Waals surface area contributed by atoms with Crippen LogP contribution in [0.15, 0.2) is 6.07 Å². The van der Waals surface area contributed by atoms with Gasteiger partial charge in [-0.1, -0.05) is 0 Å². The summed E-state index contributed by atoms with van der Waals surface area (Å²) in [4.78, 5) is 22.3. The van der Waals surface area contributed by atoms with E-state index in [9.17, 15) is 4.79 Å². The first-order chi connectivity index (χ1) is 10.2. The van der Waals surface area contributed by atoms with Crippen molar-refractivity contribution in [2.75, 3.05) is 19.7 Å². The molecule has 1 aliphatic rings. The van der Waals surface area contributed by atoms with Crippen LogP contribution in [0, 0.1) is 19.8 Å². The van der Waals surface area contributed by atoms with Crippen LogP contribution >= 0.6 is 0 Å². The zero-order valence-corrected chi connectivity index (χ0v) is 14.0. The Balaban J connectivity index is 1.82. The number of likely N-dealkylation sites (tertiary alicyclic amines) is 1. The SMILES string of the molecule is Cc1cc(C)nc(OC[C@H]2CCN(C(=O)OC(C)(C)C)C2)n1. The third-order valence-corrected chi connectivity index (χ3v) is 3.35. The Labute approximate surface area is 131 Å². The van der Waals surface area contributed by atoms with E-state index in [1.807, 2.05) is 40.7 Å². The predicted molar refractivity (Wildman–Crippen MR) is 82.9 cm³/mol. The first-order valence-corrected chi connectivity index (χ1v) is 7.66. The molecule has 0 unspecified atom stereocenters. The van der Waals surface area contributed by atoms with E-state index in [0.29, 0.717) is 25.7 Å². The van der Waals surface area contributed by atoms with E-state index < -0.39 is 5.60 Å². The second-order valence-electron chi connectivity index (χ2n) is 6.83. The normalized spacial score (nSPS) is 18.4. The monoisotopic (exact) mass is 307 g/mol. The predicted octanol–water partition coefficient (Wildman–Crippen LogP) is 2.73. The molecule has 1 saturated heterocycles. The second kappa shape index (κ2) is 6.50. The maximum atomic E-state index is 12.0. The molecule has 1 atom stereocenters. The average molecular weight is 307 g/mol. The maximum absolute atomic E-state index is 12.0. The minimum Gasteiger partial charge on any atom is -0.463 e. The summed E-state index contributed by atoms with van der Waals surface area (Å²) < 4.78 is 11.1. The lowest BCUT2D eigenvalue weighted by Gasteiger charge is -2.24. The van der Waals surface area contributed by atoms with Crippen LogP contribution in [0.5, 0.6) is 6.01 Å². The van der Waals surface area contributed by atoms with Gasteiger partial charge >= 0.3 is 12.1 Å². The highest BCUT2D eigenvalue weighted by molar-refractivity contribution is 5.68. The molecule has 0 saturated carbocycles. The van der Waals surface area contributed by atoms with Gasteiger partial charge in [-0.25, -0.2) is 14.8 Å². The fraction of sp³-hybridized carbons (Fsp3) is 0.688. The van der Waals surface area contributed by atoms with Gasteiger partial charge in [0.15, 0.2) is 0 Å². The van der Waals surface area contributed by atoms with Gasteiger partial charge in [0.05, 0.1) is 6.61 Å². The zero-order chi connectivity index (χ0) is 16.3. The largest absolute Gasteiger partial charge is 0.463 e. The molecule has 0 aromatic carbocycles. The number of aryl methyl sites for hydroxylation is 2. The molecule has 0 spiro atoms. The minimum absolute atomic E-state index is 0.252. The van der Waals surface area contributed by atoms with Crippen LogP contribution < -0.4 is 4.74 Å². The molecule has 2 heterocycles. The Hall–Kier alpha value is -1.85. The highest BCUT2D eigenvalue weighted by Gasteiger charge is 2.30. The maximum Gasteiger partial charge on any atom is 0.410 e. The van der Waals surface area contributed by atoms with Crippen molar-refractivity contribution in [2.45, 2.75) is 46.6 Å². The quantitative estimate of drug-likeness (QED) is 0.859. The number of amides is 1. The van der Waals surface area contributed by atoms with E-state index in [1.165, 1.54) is 0 Å². The number of rotatable bonds is 3. The van der Waals surface area contributed by atoms with Gasteiger partial charge in [-0.3, -0.25) is 0 Å². The summed E-state index contributed by atoms with van der Waals surface area (Å²) in [6.07, 6.45) is 0.655. The van der Waals surface area contributed by atoms with Crippen LogP contribution in [-0.2, 0) is 4.74 Å². The number of nitrogens with zero attached hydrogens (tertiary/aromatic N) is 3. The molecule has 6 nitrogen and oxygen atoms in total. The highest BCUT2D eigenvalue weighted by atomic mass is 16.6. The molecule has 22 heavy (non-hydrogen) atoms. The summed E-state index contributed by atoms with van der Waals surface area (Å²) >= 11 is 0. The van der Waals surface area contributed by atoms with Gasteiger partial charge in [0.1, 0.15) is 5.60 Å². The summed E-state index contributed by atoms with van der Waals surface area (Å²) in [5.74, 6) is 0.289. The molecular formula is C16H25N3O3. The van der Waals surface area contributed by atoms with Gasteiger partial charge in [-0.15, -0.1) is 0 Å². The molecule has 1 fully saturated rings. The fourth-order valence-electron chi connectivity index (χ4n) is 2.41.